The van der Waals surface area contributed by atoms with Gasteiger partial charge in [-0.2, -0.15) is 0 Å². The van der Waals surface area contributed by atoms with Crippen molar-refractivity contribution >= 4 is 0 Å². The van der Waals surface area contributed by atoms with Crippen LogP contribution in [0.1, 0.15) is 25.5 Å². The van der Waals surface area contributed by atoms with Gasteiger partial charge >= 0.3 is 0 Å². The maximum atomic E-state index is 5.37. The van der Waals surface area contributed by atoms with Crippen LogP contribution in [0.25, 0.3) is 0 Å². The van der Waals surface area contributed by atoms with E-state index in [0.29, 0.717) is 0 Å². The summed E-state index contributed by atoms with van der Waals surface area (Å²) in [6, 6.07) is 4.40. The van der Waals surface area contributed by atoms with Gasteiger partial charge in [0, 0.05) is 38.1 Å². The first kappa shape index (κ1) is 11.7. The number of ether oxygens (including phenoxy) is 1. The molecule has 2 rings (SSSR count). The summed E-state index contributed by atoms with van der Waals surface area (Å²) in [5, 5.41) is 0. The number of hydrogen-bond acceptors (Lipinski definition) is 2. The van der Waals surface area contributed by atoms with E-state index in [1.807, 2.05) is 0 Å². The second-order valence-electron chi connectivity index (χ2n) is 4.43. The maximum Gasteiger partial charge on any atom is 0.0594 e. The Bertz CT molecular complexity index is 303. The van der Waals surface area contributed by atoms with Crippen molar-refractivity contribution in [3.63, 3.8) is 0 Å². The average molecular weight is 222 g/mol. The van der Waals surface area contributed by atoms with E-state index >= 15 is 0 Å². The Morgan fingerprint density at radius 1 is 1.31 bits per heavy atom. The van der Waals surface area contributed by atoms with E-state index < -0.39 is 0 Å². The molecule has 0 N–H and O–H groups in total. The number of aryl methyl sites for hydroxylation is 1. The molecule has 0 unspecified atom stereocenters. The summed E-state index contributed by atoms with van der Waals surface area (Å²) in [6.45, 7) is 8.37. The quantitative estimate of drug-likeness (QED) is 0.759. The molecule has 3 nitrogen and oxygen atoms in total. The van der Waals surface area contributed by atoms with Crippen molar-refractivity contribution < 1.29 is 4.74 Å². The zero-order chi connectivity index (χ0) is 11.2. The van der Waals surface area contributed by atoms with Gasteiger partial charge in [0.25, 0.3) is 0 Å². The molecule has 1 fully saturated rings. The minimum absolute atomic E-state index is 0.885. The Morgan fingerprint density at radius 2 is 2.12 bits per heavy atom. The summed E-state index contributed by atoms with van der Waals surface area (Å²) in [5.74, 6) is 0. The summed E-state index contributed by atoms with van der Waals surface area (Å²) in [5.41, 5.74) is 1.44. The summed E-state index contributed by atoms with van der Waals surface area (Å²) >= 11 is 0. The van der Waals surface area contributed by atoms with Crippen molar-refractivity contribution in [2.45, 2.75) is 32.9 Å². The SMILES string of the molecule is CCCCn1cccc1CN1CCOCC1. The Kier molecular flexibility index (Phi) is 4.43. The van der Waals surface area contributed by atoms with Gasteiger partial charge in [-0.3, -0.25) is 4.90 Å². The predicted octanol–water partition coefficient (Wildman–Crippen LogP) is 2.12. The lowest BCUT2D eigenvalue weighted by atomic mass is 10.3. The van der Waals surface area contributed by atoms with Crippen LogP contribution in [0.4, 0.5) is 0 Å². The lowest BCUT2D eigenvalue weighted by Crippen LogP contribution is -2.36. The third kappa shape index (κ3) is 3.09. The Morgan fingerprint density at radius 3 is 2.88 bits per heavy atom. The molecule has 0 radical (unpaired) electrons. The van der Waals surface area contributed by atoms with Crippen molar-refractivity contribution in [1.82, 2.24) is 9.47 Å². The van der Waals surface area contributed by atoms with E-state index in [1.54, 1.807) is 0 Å². The fourth-order valence-corrected chi connectivity index (χ4v) is 2.13. The van der Waals surface area contributed by atoms with Gasteiger partial charge in [0.1, 0.15) is 0 Å². The lowest BCUT2D eigenvalue weighted by Gasteiger charge is -2.27. The molecule has 16 heavy (non-hydrogen) atoms. The van der Waals surface area contributed by atoms with Gasteiger partial charge in [0.2, 0.25) is 0 Å². The Balaban J connectivity index is 1.89. The van der Waals surface area contributed by atoms with E-state index in [0.717, 1.165) is 39.4 Å². The van der Waals surface area contributed by atoms with Gasteiger partial charge in [0.15, 0.2) is 0 Å². The van der Waals surface area contributed by atoms with Crippen LogP contribution in [0.3, 0.4) is 0 Å². The molecule has 0 aliphatic carbocycles. The minimum atomic E-state index is 0.885. The van der Waals surface area contributed by atoms with Gasteiger partial charge in [-0.25, -0.2) is 0 Å². The molecule has 90 valence electrons. The Labute approximate surface area is 98.0 Å². The van der Waals surface area contributed by atoms with E-state index in [2.05, 4.69) is 34.7 Å². The molecule has 0 amide bonds. The molecule has 1 aromatic heterocycles. The molecule has 1 aliphatic rings. The van der Waals surface area contributed by atoms with Crippen LogP contribution in [-0.4, -0.2) is 35.8 Å². The highest BCUT2D eigenvalue weighted by atomic mass is 16.5. The summed E-state index contributed by atoms with van der Waals surface area (Å²) in [6.07, 6.45) is 4.73. The molecule has 3 heteroatoms. The fourth-order valence-electron chi connectivity index (χ4n) is 2.13. The van der Waals surface area contributed by atoms with Crippen LogP contribution in [0.5, 0.6) is 0 Å². The Hall–Kier alpha value is -0.800. The third-order valence-electron chi connectivity index (χ3n) is 3.17. The summed E-state index contributed by atoms with van der Waals surface area (Å²) < 4.78 is 7.75. The summed E-state index contributed by atoms with van der Waals surface area (Å²) in [4.78, 5) is 2.47. The van der Waals surface area contributed by atoms with Crippen LogP contribution in [0.2, 0.25) is 0 Å². The van der Waals surface area contributed by atoms with Crippen molar-refractivity contribution in [2.75, 3.05) is 26.3 Å². The second-order valence-corrected chi connectivity index (χ2v) is 4.43. The number of aromatic nitrogens is 1. The van der Waals surface area contributed by atoms with Crippen LogP contribution in [0, 0.1) is 0 Å². The van der Waals surface area contributed by atoms with E-state index in [-0.39, 0.29) is 0 Å². The largest absolute Gasteiger partial charge is 0.379 e. The van der Waals surface area contributed by atoms with Crippen molar-refractivity contribution in [1.29, 1.82) is 0 Å². The lowest BCUT2D eigenvalue weighted by molar-refractivity contribution is 0.0332. The molecule has 2 heterocycles. The van der Waals surface area contributed by atoms with Crippen LogP contribution in [-0.2, 0) is 17.8 Å². The van der Waals surface area contributed by atoms with Crippen molar-refractivity contribution in [3.05, 3.63) is 24.0 Å². The zero-order valence-corrected chi connectivity index (χ0v) is 10.2. The number of rotatable bonds is 5. The van der Waals surface area contributed by atoms with Gasteiger partial charge in [-0.05, 0) is 18.6 Å². The van der Waals surface area contributed by atoms with Crippen LogP contribution in [0.15, 0.2) is 18.3 Å². The molecule has 1 aliphatic heterocycles. The van der Waals surface area contributed by atoms with Gasteiger partial charge in [-0.15, -0.1) is 0 Å². The molecular formula is C13H22N2O. The molecule has 0 bridgehead atoms. The topological polar surface area (TPSA) is 17.4 Å². The highest BCUT2D eigenvalue weighted by molar-refractivity contribution is 5.07. The highest BCUT2D eigenvalue weighted by Crippen LogP contribution is 2.09. The monoisotopic (exact) mass is 222 g/mol. The first-order valence-corrected chi connectivity index (χ1v) is 6.34. The third-order valence-corrected chi connectivity index (χ3v) is 3.17. The minimum Gasteiger partial charge on any atom is -0.379 e. The first-order valence-electron chi connectivity index (χ1n) is 6.34. The van der Waals surface area contributed by atoms with Gasteiger partial charge < -0.3 is 9.30 Å². The molecule has 1 aromatic rings. The number of nitrogens with zero attached hydrogens (tertiary/aromatic N) is 2. The van der Waals surface area contributed by atoms with Crippen molar-refractivity contribution in [2.24, 2.45) is 0 Å². The smallest absolute Gasteiger partial charge is 0.0594 e. The fraction of sp³-hybridized carbons (Fsp3) is 0.692. The van der Waals surface area contributed by atoms with E-state index in [4.69, 9.17) is 4.74 Å². The molecule has 0 atom stereocenters. The standard InChI is InChI=1S/C13H22N2O/c1-2-3-6-15-7-4-5-13(15)12-14-8-10-16-11-9-14/h4-5,7H,2-3,6,8-12H2,1H3. The predicted molar refractivity (Wildman–Crippen MR) is 65.4 cm³/mol. The second kappa shape index (κ2) is 6.06. The van der Waals surface area contributed by atoms with E-state index in [1.165, 1.54) is 18.5 Å². The van der Waals surface area contributed by atoms with Crippen molar-refractivity contribution in [3.8, 4) is 0 Å². The maximum absolute atomic E-state index is 5.37. The average Bonchev–Trinajstić information content (AvgIpc) is 2.75. The molecular weight excluding hydrogens is 200 g/mol. The summed E-state index contributed by atoms with van der Waals surface area (Å²) in [7, 11) is 0. The number of hydrogen-bond donors (Lipinski definition) is 0. The van der Waals surface area contributed by atoms with Crippen LogP contribution >= 0.6 is 0 Å². The van der Waals surface area contributed by atoms with Crippen LogP contribution < -0.4 is 0 Å². The molecule has 1 saturated heterocycles. The van der Waals surface area contributed by atoms with E-state index in [9.17, 15) is 0 Å². The highest BCUT2D eigenvalue weighted by Gasteiger charge is 2.12. The molecule has 0 spiro atoms. The number of morpholine rings is 1. The number of unbranched alkanes of at least 4 members (excludes halogenated alkanes) is 1. The molecule has 0 aromatic carbocycles. The van der Waals surface area contributed by atoms with Gasteiger partial charge in [0.05, 0.1) is 13.2 Å². The normalized spacial score (nSPS) is 17.8. The zero-order valence-electron chi connectivity index (χ0n) is 10.2. The molecule has 0 saturated carbocycles. The first-order chi connectivity index (χ1) is 7.90. The van der Waals surface area contributed by atoms with Gasteiger partial charge in [-0.1, -0.05) is 13.3 Å².